The molecule has 4 N–H and O–H groups in total. The number of carbonyl (C=O) groups excluding carboxylic acids is 3. The van der Waals surface area contributed by atoms with E-state index in [1.54, 1.807) is 49.0 Å². The molecule has 0 saturated heterocycles. The van der Waals surface area contributed by atoms with E-state index in [9.17, 15) is 36.0 Å². The third-order valence-corrected chi connectivity index (χ3v) is 21.3. The molecular weight excluding hydrogens is 1120 g/mol. The van der Waals surface area contributed by atoms with Gasteiger partial charge in [0, 0.05) is 30.7 Å². The van der Waals surface area contributed by atoms with E-state index in [-0.39, 0.29) is 41.2 Å². The molecule has 83 heavy (non-hydrogen) atoms. The fourth-order valence-electron chi connectivity index (χ4n) is 15.2. The van der Waals surface area contributed by atoms with Crippen LogP contribution in [0.3, 0.4) is 0 Å². The van der Waals surface area contributed by atoms with E-state index < -0.39 is 27.3 Å². The SMILES string of the molecule is Cc1cc(-c2ccc(CC(=O)CSc3ncn[nH]3)cc2)cc(C(F)(F)F)c1.O=C(CCCSc1ncn[nH]1)Nc1ccc(C23CC4CC(CC(C4)C2)C3)cc1.O=C(Cc1ccc(C23CC4CC(CC(C4)C2)C3)cc1)CS(=O)(=O)c1ncn[nH]1. The average molecular weight is 1190 g/mol. The Bertz CT molecular complexity index is 3380. The number of anilines is 1. The highest BCUT2D eigenvalue weighted by Gasteiger charge is 2.53. The molecule has 0 spiro atoms. The number of nitrogens with one attached hydrogen (secondary N) is 4. The van der Waals surface area contributed by atoms with Gasteiger partial charge in [0.05, 0.1) is 11.3 Å². The first-order valence-electron chi connectivity index (χ1n) is 28.8. The lowest BCUT2D eigenvalue weighted by molar-refractivity contribution is -0.137. The van der Waals surface area contributed by atoms with Gasteiger partial charge in [-0.3, -0.25) is 29.7 Å². The summed E-state index contributed by atoms with van der Waals surface area (Å²) in [6, 6.07) is 28.1. The Morgan fingerprint density at radius 3 is 1.58 bits per heavy atom. The minimum atomic E-state index is -4.38. The standard InChI is InChI=1S/C22H28N4OS.C21H25N3O3S.C19H16F3N3OS/c27-20(2-1-7-28-21-23-14-24-26-21)25-19-5-3-18(4-6-19)22-11-15-8-16(12-22)10-17(9-15)13-22;25-19(12-28(26,27)20-22-13-23-24-20)8-14-1-3-18(4-2-14)21-9-15-5-16(10-21)7-17(6-15)11-21;1-12-6-15(9-16(7-12)19(20,21)22)14-4-2-13(3-5-14)8-17(26)10-27-18-23-11-24-25-18/h3-6,14-17H,1-2,7-13H2,(H,25,27)(H,23,24,26);1-4,13,15-17H,5-12H2,(H,22,23,24);2-7,9,11H,8,10H2,1H3,(H,23,24,25). The summed E-state index contributed by atoms with van der Waals surface area (Å²) in [6.07, 6.45) is 18.1. The number of H-pyrrole nitrogens is 3. The molecule has 0 radical (unpaired) electrons. The number of ketones is 2. The van der Waals surface area contributed by atoms with Crippen LogP contribution in [0.1, 0.15) is 123 Å². The van der Waals surface area contributed by atoms with E-state index in [0.717, 1.165) is 88.1 Å². The number of halogens is 3. The van der Waals surface area contributed by atoms with Crippen LogP contribution < -0.4 is 5.32 Å². The number of alkyl halides is 3. The average Bonchev–Trinajstić information content (AvgIpc) is 4.37. The predicted molar refractivity (Wildman–Crippen MR) is 312 cm³/mol. The normalized spacial score (nSPS) is 24.6. The maximum Gasteiger partial charge on any atom is 0.416 e. The minimum absolute atomic E-state index is 0.0269. The van der Waals surface area contributed by atoms with Crippen LogP contribution in [0.15, 0.2) is 125 Å². The number of nitrogens with zero attached hydrogens (tertiary/aromatic N) is 6. The third-order valence-electron chi connectivity index (χ3n) is 17.9. The predicted octanol–water partition coefficient (Wildman–Crippen LogP) is 12.3. The molecule has 0 aliphatic heterocycles. The number of aromatic nitrogens is 9. The number of carbonyl (C=O) groups is 3. The van der Waals surface area contributed by atoms with Crippen LogP contribution in [-0.4, -0.2) is 88.7 Å². The number of hydrogen-bond donors (Lipinski definition) is 4. The molecule has 8 aliphatic carbocycles. The molecule has 4 aromatic carbocycles. The van der Waals surface area contributed by atoms with Gasteiger partial charge in [-0.15, -0.1) is 0 Å². The second kappa shape index (κ2) is 25.0. The van der Waals surface area contributed by atoms with E-state index in [4.69, 9.17) is 0 Å². The number of aromatic amines is 3. The number of thioether (sulfide) groups is 2. The van der Waals surface area contributed by atoms with E-state index >= 15 is 0 Å². The van der Waals surface area contributed by atoms with E-state index in [1.807, 2.05) is 12.1 Å². The highest BCUT2D eigenvalue weighted by atomic mass is 32.2. The summed E-state index contributed by atoms with van der Waals surface area (Å²) in [5.41, 5.74) is 7.34. The lowest BCUT2D eigenvalue weighted by Gasteiger charge is -2.57. The largest absolute Gasteiger partial charge is 0.416 e. The molecule has 15 rings (SSSR count). The zero-order valence-electron chi connectivity index (χ0n) is 46.4. The monoisotopic (exact) mass is 1190 g/mol. The smallest absolute Gasteiger partial charge is 0.326 e. The molecule has 8 aliphatic rings. The minimum Gasteiger partial charge on any atom is -0.326 e. The van der Waals surface area contributed by atoms with Gasteiger partial charge in [0.15, 0.2) is 16.1 Å². The van der Waals surface area contributed by atoms with E-state index in [0.29, 0.717) is 39.1 Å². The molecule has 1 amide bonds. The molecule has 3 aromatic heterocycles. The van der Waals surface area contributed by atoms with Crippen molar-refractivity contribution in [1.82, 2.24) is 45.5 Å². The number of amides is 1. The van der Waals surface area contributed by atoms with Gasteiger partial charge in [0.1, 0.15) is 30.5 Å². The Morgan fingerprint density at radius 1 is 0.602 bits per heavy atom. The maximum atomic E-state index is 13.0. The Hall–Kier alpha value is -6.45. The number of benzene rings is 4. The van der Waals surface area contributed by atoms with Gasteiger partial charge in [-0.25, -0.2) is 23.4 Å². The molecule has 7 aromatic rings. The van der Waals surface area contributed by atoms with Gasteiger partial charge in [-0.1, -0.05) is 90.3 Å². The summed E-state index contributed by atoms with van der Waals surface area (Å²) in [5.74, 6) is 5.91. The quantitative estimate of drug-likeness (QED) is 0.0438. The Morgan fingerprint density at radius 2 is 1.08 bits per heavy atom. The molecule has 21 heteroatoms. The molecule has 8 saturated carbocycles. The van der Waals surface area contributed by atoms with Crippen molar-refractivity contribution in [3.8, 4) is 11.1 Å². The van der Waals surface area contributed by atoms with Crippen LogP contribution in [0.2, 0.25) is 0 Å². The van der Waals surface area contributed by atoms with Crippen molar-refractivity contribution >= 4 is 56.5 Å². The van der Waals surface area contributed by atoms with E-state index in [2.05, 4.69) is 87.3 Å². The van der Waals surface area contributed by atoms with Gasteiger partial charge in [0.25, 0.3) is 0 Å². The Kier molecular flexibility index (Phi) is 17.6. The second-order valence-electron chi connectivity index (χ2n) is 24.3. The van der Waals surface area contributed by atoms with Crippen molar-refractivity contribution in [2.75, 3.05) is 22.6 Å². The van der Waals surface area contributed by atoms with Crippen LogP contribution in [0.4, 0.5) is 18.9 Å². The first kappa shape index (κ1) is 58.3. The van der Waals surface area contributed by atoms with Crippen LogP contribution >= 0.6 is 23.5 Å². The number of Topliss-reactive ketones (excluding diaryl/α,β-unsaturated/α-hetero) is 2. The van der Waals surface area contributed by atoms with Gasteiger partial charge < -0.3 is 5.32 Å². The molecule has 0 atom stereocenters. The lowest BCUT2D eigenvalue weighted by Crippen LogP contribution is -2.48. The maximum absolute atomic E-state index is 13.0. The van der Waals surface area contributed by atoms with Crippen molar-refractivity contribution in [1.29, 1.82) is 0 Å². The van der Waals surface area contributed by atoms with Crippen LogP contribution in [-0.2, 0) is 54.1 Å². The fourth-order valence-corrected chi connectivity index (χ4v) is 17.6. The number of sulfone groups is 1. The van der Waals surface area contributed by atoms with Gasteiger partial charge in [-0.05, 0) is 200 Å². The Balaban J connectivity index is 0.000000130. The van der Waals surface area contributed by atoms with Crippen molar-refractivity contribution < 1.29 is 36.0 Å². The van der Waals surface area contributed by atoms with Crippen LogP contribution in [0.25, 0.3) is 11.1 Å². The molecule has 3 heterocycles. The summed E-state index contributed by atoms with van der Waals surface area (Å²) >= 11 is 2.87. The number of hydrogen-bond acceptors (Lipinski definition) is 13. The fraction of sp³-hybridized carbons (Fsp3) is 0.468. The second-order valence-corrected chi connectivity index (χ2v) is 28.3. The zero-order chi connectivity index (χ0) is 57.8. The van der Waals surface area contributed by atoms with E-state index in [1.165, 1.54) is 113 Å². The molecule has 8 fully saturated rings. The van der Waals surface area contributed by atoms with Gasteiger partial charge in [0.2, 0.25) is 20.9 Å². The summed E-state index contributed by atoms with van der Waals surface area (Å²) in [5, 5.41) is 23.1. The summed E-state index contributed by atoms with van der Waals surface area (Å²) in [6.45, 7) is 1.64. The summed E-state index contributed by atoms with van der Waals surface area (Å²) in [7, 11) is -3.75. The van der Waals surface area contributed by atoms with Crippen molar-refractivity contribution in [3.63, 3.8) is 0 Å². The molecule has 436 valence electrons. The highest BCUT2D eigenvalue weighted by Crippen LogP contribution is 2.62. The van der Waals surface area contributed by atoms with Crippen molar-refractivity contribution in [2.24, 2.45) is 35.5 Å². The van der Waals surface area contributed by atoms with Crippen molar-refractivity contribution in [3.05, 3.63) is 143 Å². The van der Waals surface area contributed by atoms with Crippen molar-refractivity contribution in [2.45, 2.75) is 142 Å². The number of aryl methyl sites for hydroxylation is 1. The molecule has 15 nitrogen and oxygen atoms in total. The third kappa shape index (κ3) is 14.6. The highest BCUT2D eigenvalue weighted by molar-refractivity contribution is 7.99. The summed E-state index contributed by atoms with van der Waals surface area (Å²) in [4.78, 5) is 48.2. The van der Waals surface area contributed by atoms with Crippen LogP contribution in [0.5, 0.6) is 0 Å². The van der Waals surface area contributed by atoms with Crippen LogP contribution in [0, 0.1) is 42.4 Å². The first-order chi connectivity index (χ1) is 39.9. The van der Waals surface area contributed by atoms with Gasteiger partial charge >= 0.3 is 6.18 Å². The summed E-state index contributed by atoms with van der Waals surface area (Å²) < 4.78 is 63.3. The molecule has 8 bridgehead atoms. The lowest BCUT2D eigenvalue weighted by atomic mass is 9.48. The Labute approximate surface area is 490 Å². The zero-order valence-corrected chi connectivity index (χ0v) is 48.8. The van der Waals surface area contributed by atoms with Gasteiger partial charge in [-0.2, -0.15) is 28.5 Å². The number of rotatable bonds is 19. The topological polar surface area (TPSA) is 222 Å². The molecular formula is C62H69F3N10O5S3. The first-order valence-corrected chi connectivity index (χ1v) is 32.4. The molecule has 0 unspecified atom stereocenters.